The third kappa shape index (κ3) is 23.0. The Kier molecular flexibility index (Phi) is 33.2. The molecule has 22 nitrogen and oxygen atoms in total. The van der Waals surface area contributed by atoms with Crippen molar-refractivity contribution in [1.82, 2.24) is 56.3 Å². The number of carbonyl (C=O) groups excluding carboxylic acids is 5. The average molecular weight is 1900 g/mol. The second-order valence-corrected chi connectivity index (χ2v) is 62.3. The average Bonchev–Trinajstić information content (AvgIpc) is 1.68. The molecule has 5 amide bonds. The van der Waals surface area contributed by atoms with Crippen LogP contribution in [0.4, 0.5) is 9.59 Å². The molecule has 12 rings (SSSR count). The van der Waals surface area contributed by atoms with Crippen LogP contribution in [0.25, 0.3) is 55.9 Å². The number of alkyl carbamates (subject to hydrolysis) is 2. The molecule has 27 heteroatoms. The molecule has 8 heterocycles. The maximum absolute atomic E-state index is 13.5. The zero-order valence-electron chi connectivity index (χ0n) is 59.1. The van der Waals surface area contributed by atoms with Crippen molar-refractivity contribution >= 4 is 142 Å². The number of aromatic nitrogens is 4. The molecule has 6 aromatic rings. The number of halogens is 4. The molecule has 0 spiro atoms. The minimum absolute atomic E-state index is 0. The van der Waals surface area contributed by atoms with Crippen LogP contribution in [0, 0.1) is 17.8 Å². The van der Waals surface area contributed by atoms with Crippen molar-refractivity contribution in [3.63, 3.8) is 0 Å². The van der Waals surface area contributed by atoms with E-state index < -0.39 is 36.3 Å². The third-order valence-electron chi connectivity index (χ3n) is 19.0. The monoisotopic (exact) mass is 1900 g/mol. The molecule has 7 atom stereocenters. The number of imidazole rings is 2. The van der Waals surface area contributed by atoms with Gasteiger partial charge < -0.3 is 60.9 Å². The van der Waals surface area contributed by atoms with Crippen molar-refractivity contribution in [2.24, 2.45) is 27.7 Å². The first kappa shape index (κ1) is 84.2. The summed E-state index contributed by atoms with van der Waals surface area (Å²) in [4.78, 5) is 101. The molecule has 554 valence electrons. The number of aliphatic carboxylic acids is 1. The van der Waals surface area contributed by atoms with Gasteiger partial charge in [-0.05, 0) is 138 Å². The number of aromatic amines is 2. The van der Waals surface area contributed by atoms with Gasteiger partial charge in [0, 0.05) is 62.7 Å². The van der Waals surface area contributed by atoms with E-state index >= 15 is 0 Å². The summed E-state index contributed by atoms with van der Waals surface area (Å²) in [7, 11) is 2.49. The Labute approximate surface area is 660 Å². The van der Waals surface area contributed by atoms with Gasteiger partial charge in [-0.25, -0.2) is 24.4 Å². The Morgan fingerprint density at radius 2 is 0.883 bits per heavy atom. The summed E-state index contributed by atoms with van der Waals surface area (Å²) in [6.07, 6.45) is 16.3. The van der Waals surface area contributed by atoms with E-state index in [1.807, 2.05) is 56.1 Å². The van der Waals surface area contributed by atoms with E-state index in [9.17, 15) is 28.8 Å². The van der Waals surface area contributed by atoms with Gasteiger partial charge >= 0.3 is 83.0 Å². The fourth-order valence-corrected chi connectivity index (χ4v) is 13.5. The first-order valence-electron chi connectivity index (χ1n) is 34.6. The number of likely N-dealkylation sites (tertiary alicyclic amines) is 2. The second kappa shape index (κ2) is 40.6. The van der Waals surface area contributed by atoms with Gasteiger partial charge in [0.15, 0.2) is 0 Å². The van der Waals surface area contributed by atoms with Gasteiger partial charge in [0.05, 0.1) is 56.1 Å². The number of hydrogen-bond donors (Lipinski definition) is 8. The molecule has 8 N–H and O–H groups in total. The molecule has 0 aliphatic carbocycles. The summed E-state index contributed by atoms with van der Waals surface area (Å²) in [5.74, 6) is 0.103. The van der Waals surface area contributed by atoms with Crippen molar-refractivity contribution in [1.29, 1.82) is 0 Å². The molecule has 6 aliphatic heterocycles. The number of methoxy groups -OCH3 is 2. The quantitative estimate of drug-likeness (QED) is 0.0351. The number of hydrogen-bond acceptors (Lipinski definition) is 14. The number of nitrogens with zero attached hydrogens (tertiary/aromatic N) is 6. The number of carbonyl (C=O) groups is 6. The Hall–Kier alpha value is -6.04. The zero-order chi connectivity index (χ0) is 72.4. The van der Waals surface area contributed by atoms with Crippen LogP contribution in [0.15, 0.2) is 132 Å². The molecular formula is C76H98I4N13O9V. The summed E-state index contributed by atoms with van der Waals surface area (Å²) in [5.41, 5.74) is 15.8. The van der Waals surface area contributed by atoms with Gasteiger partial charge in [-0.1, -0.05) is 146 Å². The second-order valence-electron chi connectivity index (χ2n) is 26.9. The van der Waals surface area contributed by atoms with Crippen LogP contribution >= 0.6 is 83.9 Å². The Balaban J connectivity index is 0.000000250. The first-order chi connectivity index (χ1) is 48.5. The van der Waals surface area contributed by atoms with Crippen LogP contribution in [-0.2, 0) is 33.6 Å². The van der Waals surface area contributed by atoms with Crippen LogP contribution in [0.2, 0.25) is 0 Å². The van der Waals surface area contributed by atoms with Gasteiger partial charge in [0.2, 0.25) is 17.7 Å². The number of nitrogens with one attached hydrogen (secondary N) is 7. The van der Waals surface area contributed by atoms with Gasteiger partial charge in [-0.15, -0.1) is 24.0 Å². The number of carboxylic acid groups (broad SMARTS) is 1. The number of carboxylic acids is 1. The molecule has 0 saturated carbocycles. The Morgan fingerprint density at radius 3 is 1.30 bits per heavy atom. The fraction of sp³-hybridized carbons (Fsp3) is 0.447. The van der Waals surface area contributed by atoms with Crippen LogP contribution in [0.5, 0.6) is 0 Å². The van der Waals surface area contributed by atoms with E-state index in [1.165, 1.54) is 73.9 Å². The molecule has 103 heavy (non-hydrogen) atoms. The van der Waals surface area contributed by atoms with Crippen molar-refractivity contribution in [2.45, 2.75) is 162 Å². The molecule has 4 aromatic carbocycles. The summed E-state index contributed by atoms with van der Waals surface area (Å²) in [6.45, 7) is 16.0. The predicted octanol–water partition coefficient (Wildman–Crippen LogP) is 15.6. The van der Waals surface area contributed by atoms with Gasteiger partial charge in [0.25, 0.3) is 0 Å². The number of H-pyrrole nitrogens is 2. The Bertz CT molecular complexity index is 3940. The van der Waals surface area contributed by atoms with Crippen molar-refractivity contribution in [3.8, 4) is 44.8 Å². The molecule has 4 fully saturated rings. The Morgan fingerprint density at radius 1 is 0.515 bits per heavy atom. The van der Waals surface area contributed by atoms with E-state index in [0.717, 1.165) is 108 Å². The third-order valence-corrected chi connectivity index (χ3v) is 19.0. The van der Waals surface area contributed by atoms with Crippen LogP contribution < -0.4 is 26.6 Å². The van der Waals surface area contributed by atoms with Crippen LogP contribution in [-0.4, -0.2) is 153 Å². The van der Waals surface area contributed by atoms with Crippen molar-refractivity contribution < 1.29 is 48.3 Å². The minimum atomic E-state index is -1.06. The summed E-state index contributed by atoms with van der Waals surface area (Å²) < 4.78 is 9.03. The summed E-state index contributed by atoms with van der Waals surface area (Å²) >= 11 is 7.39. The summed E-state index contributed by atoms with van der Waals surface area (Å²) in [6, 6.07) is 32.9. The number of allylic oxidation sites excluding steroid dienone is 2. The van der Waals surface area contributed by atoms with E-state index in [2.05, 4.69) is 214 Å². The van der Waals surface area contributed by atoms with Gasteiger partial charge in [0.1, 0.15) is 29.8 Å². The van der Waals surface area contributed by atoms with Crippen molar-refractivity contribution in [2.75, 3.05) is 40.4 Å². The number of ether oxygens (including phenoxy) is 2. The normalized spacial score (nSPS) is 19.0. The molecule has 0 bridgehead atoms. The maximum atomic E-state index is 13.5. The molecule has 0 radical (unpaired) electrons. The number of aliphatic imine (C=N–C) groups is 2. The fourth-order valence-electron chi connectivity index (χ4n) is 13.5. The molecular weight excluding hydrogens is 1800 g/mol. The first-order valence-corrected chi connectivity index (χ1v) is 48.1. The van der Waals surface area contributed by atoms with E-state index in [4.69, 9.17) is 19.8 Å². The van der Waals surface area contributed by atoms with E-state index in [0.29, 0.717) is 31.6 Å². The number of benzene rings is 4. The van der Waals surface area contributed by atoms with Crippen LogP contribution in [0.1, 0.15) is 155 Å². The van der Waals surface area contributed by atoms with Crippen LogP contribution in [0.3, 0.4) is 0 Å². The SMILES string of the molecule is C.C1=C(c2ccc(-c3ccc(-c4cnc([C@H]5CCCN5)[nH]4)cc3)cc2)CC([C@H]2CCCN2)=N1.COC(=O)N[C@@H](C(=O)N1CCC[C@H]1C1=NC=C(c2ccc(-c3ccc(-c4cnc([C@H]5CCCN5C(=O)[C@@H](NC(C)=O)C(C)C)[nH]4)cc3)cc2)C1)C(C)C.COC(=O)N[C@@H](C(=O)O)C(C)C.I.[I][V]([I])[I]. The van der Waals surface area contributed by atoms with E-state index in [1.54, 1.807) is 13.8 Å². The topological polar surface area (TPSA) is 290 Å². The molecule has 2 aromatic heterocycles. The van der Waals surface area contributed by atoms with Gasteiger partial charge in [-0.2, -0.15) is 0 Å². The molecule has 0 unspecified atom stereocenters. The van der Waals surface area contributed by atoms with Crippen molar-refractivity contribution in [3.05, 3.63) is 145 Å². The standard InChI is InChI=1S/C41H51N7O5.C27H29N5.C7H13NO4.CH4.4HI.V/c1-24(2)36(44-26(5)49)39(50)48-20-8-10-35(48)38-43-23-33(45-38)30-17-15-28(16-18-30)27-11-13-29(14-12-27)31-21-32(42-22-31)34-9-7-19-47(34)40(51)37(25(3)4)46-41(52)53-6;1-3-23(28-13-1)25-15-22(16-30-25)20-7-5-18(6-8-20)19-9-11-21(12-10-19)26-17-31-27(32-26)24-4-2-14-29-24;1-4(2)5(6(9)10)8-7(11)12-3;;;;;;/h11-18,22-25,34-37H,7-10,19-21H2,1-6H3,(H,43,45)(H,44,49)(H,46,52);5-12,16-17,23-24,28-29H,1-4,13-15H2,(H,31,32);4-5H,1-3H3,(H,8,11)(H,9,10);1H4;4*1H;/q;;;;;;;;+3/p-3/t34-,35+,36-,37+;23-,24-;5-;;;;;;/m011....../s1. The molecule has 4 saturated heterocycles. The molecule has 6 aliphatic rings. The number of amides is 5. The predicted molar refractivity (Wildman–Crippen MR) is 441 cm³/mol. The zero-order valence-corrected chi connectivity index (χ0v) is 69.3. The van der Waals surface area contributed by atoms with E-state index in [-0.39, 0.29) is 83.9 Å². The van der Waals surface area contributed by atoms with Gasteiger partial charge in [-0.3, -0.25) is 24.4 Å². The summed E-state index contributed by atoms with van der Waals surface area (Å²) in [5, 5.41) is 23.4. The number of rotatable bonds is 19.